The lowest BCUT2D eigenvalue weighted by molar-refractivity contribution is -0.183. The summed E-state index contributed by atoms with van der Waals surface area (Å²) in [5.74, 6) is 0.455. The molecule has 0 fully saturated rings. The summed E-state index contributed by atoms with van der Waals surface area (Å²) in [7, 11) is 1.55. The van der Waals surface area contributed by atoms with Gasteiger partial charge in [-0.15, -0.1) is 0 Å². The third-order valence-electron chi connectivity index (χ3n) is 4.15. The Morgan fingerprint density at radius 2 is 2.00 bits per heavy atom. The second-order valence-electron chi connectivity index (χ2n) is 5.51. The van der Waals surface area contributed by atoms with Crippen LogP contribution < -0.4 is 0 Å². The van der Waals surface area contributed by atoms with Gasteiger partial charge >= 0.3 is 6.18 Å². The van der Waals surface area contributed by atoms with Crippen LogP contribution in [0.15, 0.2) is 18.2 Å². The summed E-state index contributed by atoms with van der Waals surface area (Å²) in [6.45, 7) is 4.65. The highest BCUT2D eigenvalue weighted by molar-refractivity contribution is 5.36. The van der Waals surface area contributed by atoms with Crippen molar-refractivity contribution in [2.24, 2.45) is 0 Å². The molecule has 0 aliphatic carbocycles. The maximum atomic E-state index is 12.9. The zero-order chi connectivity index (χ0) is 14.2. The van der Waals surface area contributed by atoms with E-state index in [1.54, 1.807) is 7.05 Å². The molecule has 4 heteroatoms. The molecular formula is C15H20F3N. The maximum Gasteiger partial charge on any atom is 0.404 e. The fraction of sp³-hybridized carbons (Fsp3) is 0.600. The van der Waals surface area contributed by atoms with Crippen LogP contribution >= 0.6 is 0 Å². The minimum absolute atomic E-state index is 0.0656. The molecule has 1 aromatic rings. The molecule has 0 aromatic heterocycles. The number of hydrogen-bond donors (Lipinski definition) is 0. The van der Waals surface area contributed by atoms with Gasteiger partial charge in [-0.2, -0.15) is 13.2 Å². The molecule has 0 saturated carbocycles. The molecule has 0 radical (unpaired) electrons. The van der Waals surface area contributed by atoms with Gasteiger partial charge in [-0.3, -0.25) is 4.90 Å². The van der Waals surface area contributed by atoms with Crippen LogP contribution in [-0.4, -0.2) is 24.2 Å². The van der Waals surface area contributed by atoms with Crippen molar-refractivity contribution in [3.8, 4) is 0 Å². The monoisotopic (exact) mass is 271 g/mol. The number of halogens is 3. The Morgan fingerprint density at radius 1 is 1.32 bits per heavy atom. The van der Waals surface area contributed by atoms with Crippen LogP contribution in [0.1, 0.15) is 42.9 Å². The molecule has 0 saturated heterocycles. The summed E-state index contributed by atoms with van der Waals surface area (Å²) in [6, 6.07) is 4.58. The molecule has 1 aliphatic rings. The third kappa shape index (κ3) is 2.94. The summed E-state index contributed by atoms with van der Waals surface area (Å²) in [6.07, 6.45) is -3.04. The fourth-order valence-electron chi connectivity index (χ4n) is 2.64. The first-order chi connectivity index (χ1) is 8.82. The molecule has 1 unspecified atom stereocenters. The predicted octanol–water partition coefficient (Wildman–Crippen LogP) is 4.12. The van der Waals surface area contributed by atoms with Gasteiger partial charge < -0.3 is 0 Å². The zero-order valence-corrected chi connectivity index (χ0v) is 11.6. The summed E-state index contributed by atoms with van der Waals surface area (Å²) < 4.78 is 38.7. The smallest absolute Gasteiger partial charge is 0.291 e. The SMILES string of the molecule is CC[C@H](C)c1ccc2c(c1)CN(C)C(C(F)(F)F)C2. The Labute approximate surface area is 112 Å². The van der Waals surface area contributed by atoms with Gasteiger partial charge in [-0.05, 0) is 42.5 Å². The molecule has 19 heavy (non-hydrogen) atoms. The molecule has 0 amide bonds. The molecule has 2 atom stereocenters. The standard InChI is InChI=1S/C15H20F3N/c1-4-10(2)11-5-6-12-8-14(15(16,17)18)19(3)9-13(12)7-11/h5-7,10,14H,4,8-9H2,1-3H3/t10-,14?/m0/s1. The van der Waals surface area contributed by atoms with Crippen LogP contribution in [0, 0.1) is 0 Å². The fourth-order valence-corrected chi connectivity index (χ4v) is 2.64. The van der Waals surface area contributed by atoms with E-state index < -0.39 is 12.2 Å². The van der Waals surface area contributed by atoms with Crippen LogP contribution in [-0.2, 0) is 13.0 Å². The first kappa shape index (κ1) is 14.4. The molecule has 1 aliphatic heterocycles. The molecule has 1 heterocycles. The molecule has 106 valence electrons. The Kier molecular flexibility index (Phi) is 3.90. The average molecular weight is 271 g/mol. The molecule has 1 aromatic carbocycles. The normalized spacial score (nSPS) is 22.1. The van der Waals surface area contributed by atoms with Gasteiger partial charge in [-0.1, -0.05) is 32.0 Å². The molecular weight excluding hydrogens is 251 g/mol. The first-order valence-electron chi connectivity index (χ1n) is 6.71. The van der Waals surface area contributed by atoms with Gasteiger partial charge in [0.1, 0.15) is 6.04 Å². The van der Waals surface area contributed by atoms with Gasteiger partial charge in [0.25, 0.3) is 0 Å². The Bertz CT molecular complexity index is 453. The Morgan fingerprint density at radius 3 is 2.58 bits per heavy atom. The molecule has 0 N–H and O–H groups in total. The van der Waals surface area contributed by atoms with Crippen molar-refractivity contribution in [3.05, 3.63) is 34.9 Å². The summed E-state index contributed by atoms with van der Waals surface area (Å²) in [5, 5.41) is 0. The van der Waals surface area contributed by atoms with Crippen LogP contribution in [0.4, 0.5) is 13.2 Å². The van der Waals surface area contributed by atoms with Crippen molar-refractivity contribution < 1.29 is 13.2 Å². The lowest BCUT2D eigenvalue weighted by atomic mass is 9.89. The van der Waals surface area contributed by atoms with E-state index in [4.69, 9.17) is 0 Å². The minimum atomic E-state index is -4.15. The lowest BCUT2D eigenvalue weighted by Gasteiger charge is -2.35. The highest BCUT2D eigenvalue weighted by atomic mass is 19.4. The van der Waals surface area contributed by atoms with Crippen LogP contribution in [0.5, 0.6) is 0 Å². The highest BCUT2D eigenvalue weighted by Gasteiger charge is 2.44. The van der Waals surface area contributed by atoms with E-state index in [0.717, 1.165) is 17.5 Å². The number of rotatable bonds is 2. The van der Waals surface area contributed by atoms with E-state index in [9.17, 15) is 13.2 Å². The van der Waals surface area contributed by atoms with Crippen molar-refractivity contribution in [1.29, 1.82) is 0 Å². The number of likely N-dealkylation sites (N-methyl/N-ethyl adjacent to an activating group) is 1. The number of alkyl halides is 3. The number of nitrogens with zero attached hydrogens (tertiary/aromatic N) is 1. The molecule has 1 nitrogen and oxygen atoms in total. The van der Waals surface area contributed by atoms with Crippen molar-refractivity contribution in [1.82, 2.24) is 4.90 Å². The summed E-state index contributed by atoms with van der Waals surface area (Å²) >= 11 is 0. The second-order valence-corrected chi connectivity index (χ2v) is 5.51. The van der Waals surface area contributed by atoms with Crippen LogP contribution in [0.3, 0.4) is 0 Å². The first-order valence-corrected chi connectivity index (χ1v) is 6.71. The summed E-state index contributed by atoms with van der Waals surface area (Å²) in [4.78, 5) is 1.41. The minimum Gasteiger partial charge on any atom is -0.291 e. The van der Waals surface area contributed by atoms with E-state index in [-0.39, 0.29) is 6.42 Å². The van der Waals surface area contributed by atoms with Gasteiger partial charge in [0.2, 0.25) is 0 Å². The van der Waals surface area contributed by atoms with Gasteiger partial charge in [0.05, 0.1) is 0 Å². The molecule has 2 rings (SSSR count). The van der Waals surface area contributed by atoms with Crippen molar-refractivity contribution >= 4 is 0 Å². The van der Waals surface area contributed by atoms with E-state index in [1.165, 1.54) is 10.5 Å². The molecule has 0 bridgehead atoms. The maximum absolute atomic E-state index is 12.9. The Balaban J connectivity index is 2.28. The van der Waals surface area contributed by atoms with E-state index in [2.05, 4.69) is 19.9 Å². The highest BCUT2D eigenvalue weighted by Crippen LogP contribution is 2.34. The number of hydrogen-bond acceptors (Lipinski definition) is 1. The largest absolute Gasteiger partial charge is 0.404 e. The summed E-state index contributed by atoms with van der Waals surface area (Å²) in [5.41, 5.74) is 3.10. The van der Waals surface area contributed by atoms with Gasteiger partial charge in [0.15, 0.2) is 0 Å². The lowest BCUT2D eigenvalue weighted by Crippen LogP contribution is -2.47. The second kappa shape index (κ2) is 5.16. The van der Waals surface area contributed by atoms with Crippen molar-refractivity contribution in [3.63, 3.8) is 0 Å². The zero-order valence-electron chi connectivity index (χ0n) is 11.6. The van der Waals surface area contributed by atoms with Gasteiger partial charge in [-0.25, -0.2) is 0 Å². The van der Waals surface area contributed by atoms with Gasteiger partial charge in [0, 0.05) is 6.54 Å². The topological polar surface area (TPSA) is 3.24 Å². The number of benzene rings is 1. The van der Waals surface area contributed by atoms with Crippen LogP contribution in [0.25, 0.3) is 0 Å². The molecule has 0 spiro atoms. The third-order valence-corrected chi connectivity index (χ3v) is 4.15. The van der Waals surface area contributed by atoms with E-state index >= 15 is 0 Å². The van der Waals surface area contributed by atoms with Crippen molar-refractivity contribution in [2.75, 3.05) is 7.05 Å². The van der Waals surface area contributed by atoms with Crippen LogP contribution in [0.2, 0.25) is 0 Å². The van der Waals surface area contributed by atoms with Crippen molar-refractivity contribution in [2.45, 2.75) is 51.4 Å². The average Bonchev–Trinajstić information content (AvgIpc) is 2.35. The predicted molar refractivity (Wildman–Crippen MR) is 70.2 cm³/mol. The number of fused-ring (bicyclic) bond motifs is 1. The van der Waals surface area contributed by atoms with E-state index in [0.29, 0.717) is 12.5 Å². The van der Waals surface area contributed by atoms with E-state index in [1.807, 2.05) is 12.1 Å². The Hall–Kier alpha value is -1.03. The quantitative estimate of drug-likeness (QED) is 0.782.